The molecular formula is C21H26N4O2. The quantitative estimate of drug-likeness (QED) is 0.730. The number of anilines is 4. The number of rotatable bonds is 6. The molecule has 0 unspecified atom stereocenters. The first kappa shape index (κ1) is 18.8. The van der Waals surface area contributed by atoms with Gasteiger partial charge in [-0.25, -0.2) is 0 Å². The zero-order valence-corrected chi connectivity index (χ0v) is 15.8. The number of hydrogen-bond acceptors (Lipinski definition) is 4. The van der Waals surface area contributed by atoms with E-state index in [4.69, 9.17) is 0 Å². The molecule has 0 aromatic heterocycles. The van der Waals surface area contributed by atoms with E-state index in [1.165, 1.54) is 25.5 Å². The van der Waals surface area contributed by atoms with Crippen molar-refractivity contribution in [3.63, 3.8) is 0 Å². The van der Waals surface area contributed by atoms with Gasteiger partial charge >= 0.3 is 0 Å². The summed E-state index contributed by atoms with van der Waals surface area (Å²) in [6, 6.07) is 13.6. The SMILES string of the molecule is CC(=O)Nc1ccc(C)c(NCC(=O)Nc2ccc(N3CCCC3)cc2)c1. The molecule has 0 atom stereocenters. The van der Waals surface area contributed by atoms with Crippen molar-refractivity contribution in [3.8, 4) is 0 Å². The molecule has 3 N–H and O–H groups in total. The second-order valence-corrected chi connectivity index (χ2v) is 6.85. The maximum atomic E-state index is 12.2. The van der Waals surface area contributed by atoms with Crippen LogP contribution in [0.3, 0.4) is 0 Å². The summed E-state index contributed by atoms with van der Waals surface area (Å²) in [5.74, 6) is -0.242. The van der Waals surface area contributed by atoms with Crippen molar-refractivity contribution in [2.24, 2.45) is 0 Å². The largest absolute Gasteiger partial charge is 0.376 e. The van der Waals surface area contributed by atoms with Crippen LogP contribution in [-0.2, 0) is 9.59 Å². The Morgan fingerprint density at radius 3 is 2.30 bits per heavy atom. The first-order valence-corrected chi connectivity index (χ1v) is 9.28. The number of hydrogen-bond donors (Lipinski definition) is 3. The molecule has 0 saturated carbocycles. The molecule has 2 amide bonds. The van der Waals surface area contributed by atoms with Crippen molar-refractivity contribution in [2.75, 3.05) is 40.5 Å². The van der Waals surface area contributed by atoms with Crippen molar-refractivity contribution < 1.29 is 9.59 Å². The third-order valence-corrected chi connectivity index (χ3v) is 4.62. The Hall–Kier alpha value is -3.02. The van der Waals surface area contributed by atoms with Crippen LogP contribution in [-0.4, -0.2) is 31.4 Å². The van der Waals surface area contributed by atoms with Crippen LogP contribution in [0.25, 0.3) is 0 Å². The third kappa shape index (κ3) is 5.23. The molecule has 0 spiro atoms. The highest BCUT2D eigenvalue weighted by Gasteiger charge is 2.12. The predicted octanol–water partition coefficient (Wildman–Crippen LogP) is 3.60. The van der Waals surface area contributed by atoms with Crippen molar-refractivity contribution in [2.45, 2.75) is 26.7 Å². The van der Waals surface area contributed by atoms with E-state index in [1.54, 1.807) is 0 Å². The topological polar surface area (TPSA) is 73.5 Å². The van der Waals surface area contributed by atoms with Crippen molar-refractivity contribution in [3.05, 3.63) is 48.0 Å². The molecule has 1 aliphatic heterocycles. The average Bonchev–Trinajstić information content (AvgIpc) is 3.17. The van der Waals surface area contributed by atoms with E-state index in [-0.39, 0.29) is 18.4 Å². The van der Waals surface area contributed by atoms with Gasteiger partial charge in [0.15, 0.2) is 0 Å². The number of nitrogens with one attached hydrogen (secondary N) is 3. The average molecular weight is 366 g/mol. The van der Waals surface area contributed by atoms with Crippen LogP contribution in [0, 0.1) is 6.92 Å². The van der Waals surface area contributed by atoms with Gasteiger partial charge in [0.25, 0.3) is 0 Å². The fourth-order valence-electron chi connectivity index (χ4n) is 3.21. The van der Waals surface area contributed by atoms with Gasteiger partial charge in [-0.2, -0.15) is 0 Å². The summed E-state index contributed by atoms with van der Waals surface area (Å²) < 4.78 is 0. The minimum Gasteiger partial charge on any atom is -0.376 e. The summed E-state index contributed by atoms with van der Waals surface area (Å²) in [7, 11) is 0. The van der Waals surface area contributed by atoms with Gasteiger partial charge in [-0.1, -0.05) is 6.07 Å². The lowest BCUT2D eigenvalue weighted by molar-refractivity contribution is -0.115. The van der Waals surface area contributed by atoms with Crippen LogP contribution in [0.5, 0.6) is 0 Å². The molecule has 0 radical (unpaired) electrons. The zero-order chi connectivity index (χ0) is 19.2. The molecule has 1 aliphatic rings. The highest BCUT2D eigenvalue weighted by atomic mass is 16.2. The summed E-state index contributed by atoms with van der Waals surface area (Å²) in [5, 5.41) is 8.78. The molecule has 1 saturated heterocycles. The van der Waals surface area contributed by atoms with Gasteiger partial charge < -0.3 is 20.9 Å². The highest BCUT2D eigenvalue weighted by molar-refractivity contribution is 5.94. The lowest BCUT2D eigenvalue weighted by Crippen LogP contribution is -2.22. The van der Waals surface area contributed by atoms with Crippen LogP contribution in [0.4, 0.5) is 22.7 Å². The Bertz CT molecular complexity index is 811. The summed E-state index contributed by atoms with van der Waals surface area (Å²) in [5.41, 5.74) is 4.52. The first-order chi connectivity index (χ1) is 13.0. The minimum absolute atomic E-state index is 0.117. The van der Waals surface area contributed by atoms with E-state index in [0.717, 1.165) is 30.0 Å². The lowest BCUT2D eigenvalue weighted by atomic mass is 10.1. The van der Waals surface area contributed by atoms with E-state index < -0.39 is 0 Å². The summed E-state index contributed by atoms with van der Waals surface area (Å²) >= 11 is 0. The second-order valence-electron chi connectivity index (χ2n) is 6.85. The highest BCUT2D eigenvalue weighted by Crippen LogP contribution is 2.22. The minimum atomic E-state index is -0.125. The van der Waals surface area contributed by atoms with Gasteiger partial charge in [0.05, 0.1) is 6.54 Å². The second kappa shape index (κ2) is 8.58. The maximum Gasteiger partial charge on any atom is 0.243 e. The Morgan fingerprint density at radius 1 is 0.963 bits per heavy atom. The lowest BCUT2D eigenvalue weighted by Gasteiger charge is -2.18. The monoisotopic (exact) mass is 366 g/mol. The zero-order valence-electron chi connectivity index (χ0n) is 15.8. The van der Waals surface area contributed by atoms with Gasteiger partial charge in [0.1, 0.15) is 0 Å². The Balaban J connectivity index is 1.54. The number of nitrogens with zero attached hydrogens (tertiary/aromatic N) is 1. The molecule has 1 heterocycles. The van der Waals surface area contributed by atoms with E-state index in [1.807, 2.05) is 37.3 Å². The third-order valence-electron chi connectivity index (χ3n) is 4.62. The molecule has 2 aromatic rings. The Morgan fingerprint density at radius 2 is 1.63 bits per heavy atom. The van der Waals surface area contributed by atoms with Crippen LogP contribution in [0.2, 0.25) is 0 Å². The van der Waals surface area contributed by atoms with Crippen molar-refractivity contribution in [1.82, 2.24) is 0 Å². The van der Waals surface area contributed by atoms with Crippen LogP contribution >= 0.6 is 0 Å². The smallest absolute Gasteiger partial charge is 0.243 e. The number of carbonyl (C=O) groups is 2. The van der Waals surface area contributed by atoms with Gasteiger partial charge in [-0.05, 0) is 61.7 Å². The van der Waals surface area contributed by atoms with Crippen LogP contribution in [0.15, 0.2) is 42.5 Å². The summed E-state index contributed by atoms with van der Waals surface area (Å²) in [6.45, 7) is 5.78. The van der Waals surface area contributed by atoms with Crippen LogP contribution < -0.4 is 20.9 Å². The Labute approximate surface area is 159 Å². The fraction of sp³-hybridized carbons (Fsp3) is 0.333. The van der Waals surface area contributed by atoms with Gasteiger partial charge in [0.2, 0.25) is 11.8 Å². The van der Waals surface area contributed by atoms with E-state index in [2.05, 4.69) is 33.0 Å². The summed E-state index contributed by atoms with van der Waals surface area (Å²) in [4.78, 5) is 25.8. The van der Waals surface area contributed by atoms with E-state index >= 15 is 0 Å². The number of aryl methyl sites for hydroxylation is 1. The maximum absolute atomic E-state index is 12.2. The van der Waals surface area contributed by atoms with E-state index in [0.29, 0.717) is 5.69 Å². The molecule has 27 heavy (non-hydrogen) atoms. The molecular weight excluding hydrogens is 340 g/mol. The fourth-order valence-corrected chi connectivity index (χ4v) is 3.21. The normalized spacial score (nSPS) is 13.3. The molecule has 142 valence electrons. The standard InChI is InChI=1S/C21H26N4O2/c1-15-5-6-18(23-16(2)26)13-20(15)22-14-21(27)24-17-7-9-19(10-8-17)25-11-3-4-12-25/h5-10,13,22H,3-4,11-12,14H2,1-2H3,(H,23,26)(H,24,27). The molecule has 6 heteroatoms. The molecule has 6 nitrogen and oxygen atoms in total. The van der Waals surface area contributed by atoms with Gasteiger partial charge in [-0.15, -0.1) is 0 Å². The van der Waals surface area contributed by atoms with Gasteiger partial charge in [-0.3, -0.25) is 9.59 Å². The Kier molecular flexibility index (Phi) is 5.96. The van der Waals surface area contributed by atoms with Crippen LogP contribution in [0.1, 0.15) is 25.3 Å². The van der Waals surface area contributed by atoms with E-state index in [9.17, 15) is 9.59 Å². The predicted molar refractivity (Wildman–Crippen MR) is 110 cm³/mol. The number of benzene rings is 2. The van der Waals surface area contributed by atoms with Crippen molar-refractivity contribution in [1.29, 1.82) is 0 Å². The number of carbonyl (C=O) groups excluding carboxylic acids is 2. The molecule has 0 aliphatic carbocycles. The number of amides is 2. The molecule has 2 aromatic carbocycles. The first-order valence-electron chi connectivity index (χ1n) is 9.28. The van der Waals surface area contributed by atoms with Gasteiger partial charge in [0, 0.05) is 42.8 Å². The molecule has 0 bridgehead atoms. The molecule has 3 rings (SSSR count). The molecule has 1 fully saturated rings. The van der Waals surface area contributed by atoms with Crippen molar-refractivity contribution >= 4 is 34.6 Å². The summed E-state index contributed by atoms with van der Waals surface area (Å²) in [6.07, 6.45) is 2.49.